The molecule has 1 aromatic rings. The van der Waals surface area contributed by atoms with Crippen molar-refractivity contribution in [1.29, 1.82) is 0 Å². The summed E-state index contributed by atoms with van der Waals surface area (Å²) in [5, 5.41) is 7.12. The van der Waals surface area contributed by atoms with Gasteiger partial charge in [0.05, 0.1) is 17.1 Å². The average Bonchev–Trinajstić information content (AvgIpc) is 2.60. The summed E-state index contributed by atoms with van der Waals surface area (Å²) < 4.78 is 64.8. The van der Waals surface area contributed by atoms with Crippen molar-refractivity contribution < 1.29 is 36.2 Å². The van der Waals surface area contributed by atoms with E-state index in [2.05, 4.69) is 19.0 Å². The first-order chi connectivity index (χ1) is 13.8. The molecule has 0 radical (unpaired) electrons. The van der Waals surface area contributed by atoms with Crippen LogP contribution in [0.4, 0.5) is 13.2 Å². The van der Waals surface area contributed by atoms with Gasteiger partial charge in [0, 0.05) is 19.6 Å². The molecule has 1 N–H and O–H groups in total. The quantitative estimate of drug-likeness (QED) is 0.755. The fraction of sp³-hybridized carbons (Fsp3) is 0.632. The second kappa shape index (κ2) is 9.21. The topological polar surface area (TPSA) is 87.2 Å². The maximum Gasteiger partial charge on any atom is 0.490 e. The molecule has 0 bridgehead atoms. The van der Waals surface area contributed by atoms with Gasteiger partial charge in [-0.25, -0.2) is 13.2 Å². The van der Waals surface area contributed by atoms with Crippen molar-refractivity contribution in [3.63, 3.8) is 0 Å². The minimum absolute atomic E-state index is 0.251. The van der Waals surface area contributed by atoms with Gasteiger partial charge < -0.3 is 14.7 Å². The van der Waals surface area contributed by atoms with Gasteiger partial charge in [0.1, 0.15) is 0 Å². The van der Waals surface area contributed by atoms with E-state index in [1.807, 2.05) is 19.1 Å². The highest BCUT2D eigenvalue weighted by molar-refractivity contribution is 7.89. The van der Waals surface area contributed by atoms with Gasteiger partial charge in [-0.15, -0.1) is 0 Å². The first-order valence-electron chi connectivity index (χ1n) is 9.41. The standard InChI is InChI=1S/C17H26N2O3S.C2HF3O2/c1-14-6-4-5-7-16(14)23(20,21)19-12-17(13-19)9-8-15(11-22-17)10-18(2)3;3-2(4,5)1(6)7/h4-7,15H,8-13H2,1-3H3;(H,6,7). The predicted octanol–water partition coefficient (Wildman–Crippen LogP) is 2.36. The zero-order valence-corrected chi connectivity index (χ0v) is 18.0. The molecule has 30 heavy (non-hydrogen) atoms. The van der Waals surface area contributed by atoms with Crippen LogP contribution in [0.5, 0.6) is 0 Å². The Morgan fingerprint density at radius 1 is 1.30 bits per heavy atom. The normalized spacial score (nSPS) is 21.6. The van der Waals surface area contributed by atoms with Crippen LogP contribution in [-0.4, -0.2) is 80.8 Å². The Hall–Kier alpha value is -1.69. The number of alkyl halides is 3. The molecule has 0 aromatic heterocycles. The molecule has 2 aliphatic heterocycles. The molecule has 11 heteroatoms. The lowest BCUT2D eigenvalue weighted by Gasteiger charge is -2.52. The number of carboxylic acids is 1. The first kappa shape index (κ1) is 24.6. The number of carbonyl (C=O) groups is 1. The summed E-state index contributed by atoms with van der Waals surface area (Å²) in [4.78, 5) is 11.5. The molecular formula is C19H27F3N2O5S. The minimum Gasteiger partial charge on any atom is -0.475 e. The van der Waals surface area contributed by atoms with Crippen LogP contribution in [0, 0.1) is 12.8 Å². The third-order valence-electron chi connectivity index (χ3n) is 5.14. The van der Waals surface area contributed by atoms with Crippen LogP contribution in [0.25, 0.3) is 0 Å². The Morgan fingerprint density at radius 3 is 2.30 bits per heavy atom. The molecule has 170 valence electrons. The van der Waals surface area contributed by atoms with E-state index < -0.39 is 22.2 Å². The summed E-state index contributed by atoms with van der Waals surface area (Å²) >= 11 is 0. The van der Waals surface area contributed by atoms with Crippen molar-refractivity contribution in [2.45, 2.75) is 36.4 Å². The van der Waals surface area contributed by atoms with Crippen LogP contribution in [-0.2, 0) is 19.6 Å². The van der Waals surface area contributed by atoms with Crippen molar-refractivity contribution in [3.8, 4) is 0 Å². The van der Waals surface area contributed by atoms with Crippen molar-refractivity contribution in [2.24, 2.45) is 5.92 Å². The van der Waals surface area contributed by atoms with Crippen molar-refractivity contribution in [1.82, 2.24) is 9.21 Å². The molecule has 2 heterocycles. The van der Waals surface area contributed by atoms with E-state index in [0.717, 1.165) is 31.6 Å². The average molecular weight is 452 g/mol. The summed E-state index contributed by atoms with van der Waals surface area (Å²) in [6.45, 7) is 4.57. The van der Waals surface area contributed by atoms with Crippen LogP contribution in [0.15, 0.2) is 29.2 Å². The zero-order valence-electron chi connectivity index (χ0n) is 17.1. The number of halogens is 3. The number of hydrogen-bond acceptors (Lipinski definition) is 5. The Kier molecular flexibility index (Phi) is 7.54. The van der Waals surface area contributed by atoms with E-state index in [9.17, 15) is 21.6 Å². The largest absolute Gasteiger partial charge is 0.490 e. The zero-order chi connectivity index (χ0) is 22.7. The van der Waals surface area contributed by atoms with Crippen molar-refractivity contribution in [2.75, 3.05) is 40.3 Å². The van der Waals surface area contributed by atoms with E-state index in [4.69, 9.17) is 14.6 Å². The Morgan fingerprint density at radius 2 is 1.87 bits per heavy atom. The molecule has 2 saturated heterocycles. The Balaban J connectivity index is 0.000000396. The Labute approximate surface area is 174 Å². The first-order valence-corrected chi connectivity index (χ1v) is 10.9. The van der Waals surface area contributed by atoms with Gasteiger partial charge >= 0.3 is 12.1 Å². The summed E-state index contributed by atoms with van der Waals surface area (Å²) in [5.41, 5.74) is 0.544. The predicted molar refractivity (Wildman–Crippen MR) is 104 cm³/mol. The summed E-state index contributed by atoms with van der Waals surface area (Å²) in [6.07, 6.45) is -3.03. The fourth-order valence-corrected chi connectivity index (χ4v) is 5.39. The second-order valence-corrected chi connectivity index (χ2v) is 9.91. The van der Waals surface area contributed by atoms with E-state index in [-0.39, 0.29) is 5.60 Å². The molecule has 0 saturated carbocycles. The van der Waals surface area contributed by atoms with E-state index in [0.29, 0.717) is 23.9 Å². The molecule has 7 nitrogen and oxygen atoms in total. The lowest BCUT2D eigenvalue weighted by Crippen LogP contribution is -2.66. The van der Waals surface area contributed by atoms with Gasteiger partial charge in [-0.3, -0.25) is 0 Å². The number of benzene rings is 1. The van der Waals surface area contributed by atoms with Crippen molar-refractivity contribution >= 4 is 16.0 Å². The van der Waals surface area contributed by atoms with Gasteiger partial charge in [0.25, 0.3) is 0 Å². The number of carboxylic acid groups (broad SMARTS) is 1. The molecule has 1 atom stereocenters. The van der Waals surface area contributed by atoms with Gasteiger partial charge in [-0.1, -0.05) is 18.2 Å². The van der Waals surface area contributed by atoms with Crippen LogP contribution < -0.4 is 0 Å². The van der Waals surface area contributed by atoms with Crippen LogP contribution in [0.2, 0.25) is 0 Å². The monoisotopic (exact) mass is 452 g/mol. The maximum absolute atomic E-state index is 12.7. The molecule has 1 aromatic carbocycles. The number of hydrogen-bond donors (Lipinski definition) is 1. The summed E-state index contributed by atoms with van der Waals surface area (Å²) in [5.74, 6) is -2.20. The van der Waals surface area contributed by atoms with Gasteiger partial charge in [-0.05, 0) is 51.4 Å². The lowest BCUT2D eigenvalue weighted by molar-refractivity contribution is -0.192. The van der Waals surface area contributed by atoms with Crippen LogP contribution in [0.1, 0.15) is 18.4 Å². The van der Waals surface area contributed by atoms with Gasteiger partial charge in [0.15, 0.2) is 0 Å². The molecule has 0 aliphatic carbocycles. The van der Waals surface area contributed by atoms with Crippen LogP contribution in [0.3, 0.4) is 0 Å². The molecule has 0 amide bonds. The molecule has 3 rings (SSSR count). The number of rotatable bonds is 4. The molecule has 1 spiro atoms. The molecule has 2 fully saturated rings. The second-order valence-electron chi connectivity index (χ2n) is 8.00. The number of ether oxygens (including phenoxy) is 1. The van der Waals surface area contributed by atoms with Gasteiger partial charge in [0.2, 0.25) is 10.0 Å². The fourth-order valence-electron chi connectivity index (χ4n) is 3.58. The number of nitrogens with zero attached hydrogens (tertiary/aromatic N) is 2. The van der Waals surface area contributed by atoms with E-state index in [1.165, 1.54) is 0 Å². The number of aryl methyl sites for hydroxylation is 1. The highest BCUT2D eigenvalue weighted by Crippen LogP contribution is 2.39. The summed E-state index contributed by atoms with van der Waals surface area (Å²) in [6, 6.07) is 7.16. The van der Waals surface area contributed by atoms with E-state index >= 15 is 0 Å². The third kappa shape index (κ3) is 5.93. The van der Waals surface area contributed by atoms with E-state index in [1.54, 1.807) is 16.4 Å². The SMILES string of the molecule is Cc1ccccc1S(=O)(=O)N1CC2(CCC(CN(C)C)CO2)C1.O=C(O)C(F)(F)F. The molecule has 2 aliphatic rings. The summed E-state index contributed by atoms with van der Waals surface area (Å²) in [7, 11) is 0.752. The number of sulfonamides is 1. The molecule has 1 unspecified atom stereocenters. The van der Waals surface area contributed by atoms with Gasteiger partial charge in [-0.2, -0.15) is 17.5 Å². The molecular weight excluding hydrogens is 425 g/mol. The smallest absolute Gasteiger partial charge is 0.475 e. The maximum atomic E-state index is 12.7. The highest BCUT2D eigenvalue weighted by Gasteiger charge is 2.51. The third-order valence-corrected chi connectivity index (χ3v) is 7.09. The van der Waals surface area contributed by atoms with Crippen molar-refractivity contribution in [3.05, 3.63) is 29.8 Å². The minimum atomic E-state index is -5.08. The lowest BCUT2D eigenvalue weighted by atomic mass is 9.84. The highest BCUT2D eigenvalue weighted by atomic mass is 32.2. The number of aliphatic carboxylic acids is 1. The Bertz CT molecular complexity index is 842. The van der Waals surface area contributed by atoms with Crippen LogP contribution >= 0.6 is 0 Å².